The fraction of sp³-hybridized carbons (Fsp3) is 0.136. The number of nitro benzene ring substituents is 1. The molecule has 0 saturated carbocycles. The summed E-state index contributed by atoms with van der Waals surface area (Å²) in [6, 6.07) is 11.3. The van der Waals surface area contributed by atoms with Crippen molar-refractivity contribution in [2.45, 2.75) is 18.8 Å². The first-order valence-electron chi connectivity index (χ1n) is 8.40. The van der Waals surface area contributed by atoms with Crippen molar-refractivity contribution in [1.82, 2.24) is 0 Å². The first-order valence-corrected chi connectivity index (χ1v) is 8.78. The van der Waals surface area contributed by atoms with Crippen LogP contribution in [0.1, 0.15) is 46.6 Å². The average Bonchev–Trinajstić information content (AvgIpc) is 2.67. The number of benzene rings is 2. The number of fused-ring (bicyclic) bond motifs is 2. The molecule has 2 unspecified atom stereocenters. The second kappa shape index (κ2) is 7.22. The van der Waals surface area contributed by atoms with Gasteiger partial charge < -0.3 is 0 Å². The van der Waals surface area contributed by atoms with E-state index >= 15 is 0 Å². The van der Waals surface area contributed by atoms with Crippen LogP contribution < -0.4 is 0 Å². The first kappa shape index (κ1) is 18.6. The lowest BCUT2D eigenvalue weighted by Crippen LogP contribution is -2.20. The summed E-state index contributed by atoms with van der Waals surface area (Å²) < 4.78 is 0. The Kier molecular flexibility index (Phi) is 4.98. The van der Waals surface area contributed by atoms with Crippen LogP contribution >= 0.6 is 11.6 Å². The Bertz CT molecular complexity index is 1050. The third-order valence-electron chi connectivity index (χ3n) is 5.01. The van der Waals surface area contributed by atoms with Gasteiger partial charge in [0.1, 0.15) is 5.02 Å². The number of nitrogens with zero attached hydrogens (tertiary/aromatic N) is 2. The predicted octanol–water partition coefficient (Wildman–Crippen LogP) is 6.02. The van der Waals surface area contributed by atoms with Crippen molar-refractivity contribution in [3.8, 4) is 6.07 Å². The monoisotopic (exact) mass is 376 g/mol. The van der Waals surface area contributed by atoms with E-state index in [1.165, 1.54) is 6.07 Å². The number of rotatable bonds is 4. The van der Waals surface area contributed by atoms with Crippen molar-refractivity contribution in [2.24, 2.45) is 0 Å². The number of allylic oxidation sites excluding steroid dienone is 4. The van der Waals surface area contributed by atoms with Gasteiger partial charge in [0.25, 0.3) is 5.69 Å². The molecule has 3 rings (SSSR count). The van der Waals surface area contributed by atoms with Gasteiger partial charge in [0.05, 0.1) is 16.6 Å². The molecule has 2 aromatic rings. The van der Waals surface area contributed by atoms with E-state index in [-0.39, 0.29) is 28.1 Å². The normalized spacial score (nSPS) is 18.0. The second-order valence-electron chi connectivity index (χ2n) is 6.34. The van der Waals surface area contributed by atoms with E-state index in [2.05, 4.69) is 19.2 Å². The second-order valence-corrected chi connectivity index (χ2v) is 6.72. The Hall–Kier alpha value is -3.16. The highest BCUT2D eigenvalue weighted by Crippen LogP contribution is 2.51. The molecule has 2 aromatic carbocycles. The van der Waals surface area contributed by atoms with Crippen molar-refractivity contribution in [3.63, 3.8) is 0 Å². The Balaban J connectivity index is 2.49. The SMILES string of the molecule is C=C/C=C(\C=C)C1c2ccccc2C(C)c2c(Cl)c([N+](=O)[O-])cc(C#N)c21. The topological polar surface area (TPSA) is 66.9 Å². The van der Waals surface area contributed by atoms with Crippen LogP contribution in [0.5, 0.6) is 0 Å². The summed E-state index contributed by atoms with van der Waals surface area (Å²) in [5.74, 6) is -0.474. The van der Waals surface area contributed by atoms with Crippen LogP contribution in [0.4, 0.5) is 5.69 Å². The number of halogens is 1. The molecule has 1 aliphatic rings. The zero-order chi connectivity index (χ0) is 19.7. The summed E-state index contributed by atoms with van der Waals surface area (Å²) in [7, 11) is 0. The number of nitro groups is 1. The lowest BCUT2D eigenvalue weighted by Gasteiger charge is -2.34. The van der Waals surface area contributed by atoms with Crippen LogP contribution in [-0.4, -0.2) is 4.92 Å². The highest BCUT2D eigenvalue weighted by atomic mass is 35.5. The van der Waals surface area contributed by atoms with Crippen molar-refractivity contribution >= 4 is 17.3 Å². The van der Waals surface area contributed by atoms with Gasteiger partial charge >= 0.3 is 0 Å². The van der Waals surface area contributed by atoms with Gasteiger partial charge in [-0.15, -0.1) is 0 Å². The molecule has 0 fully saturated rings. The minimum Gasteiger partial charge on any atom is -0.258 e. The molecule has 0 N–H and O–H groups in total. The molecule has 0 aromatic heterocycles. The van der Waals surface area contributed by atoms with Gasteiger partial charge in [-0.1, -0.05) is 74.2 Å². The average molecular weight is 377 g/mol. The molecule has 0 heterocycles. The first-order chi connectivity index (χ1) is 13.0. The summed E-state index contributed by atoms with van der Waals surface area (Å²) in [6.07, 6.45) is 5.22. The van der Waals surface area contributed by atoms with Gasteiger partial charge in [-0.25, -0.2) is 0 Å². The zero-order valence-electron chi connectivity index (χ0n) is 14.8. The van der Waals surface area contributed by atoms with E-state index in [1.54, 1.807) is 12.2 Å². The van der Waals surface area contributed by atoms with Gasteiger partial charge in [0.2, 0.25) is 0 Å². The lowest BCUT2D eigenvalue weighted by atomic mass is 9.69. The van der Waals surface area contributed by atoms with Gasteiger partial charge in [-0.3, -0.25) is 10.1 Å². The Morgan fingerprint density at radius 2 is 1.96 bits per heavy atom. The van der Waals surface area contributed by atoms with E-state index in [0.29, 0.717) is 11.1 Å². The summed E-state index contributed by atoms with van der Waals surface area (Å²) >= 11 is 6.49. The van der Waals surface area contributed by atoms with Crippen LogP contribution in [0.15, 0.2) is 67.3 Å². The molecule has 1 aliphatic carbocycles. The highest BCUT2D eigenvalue weighted by Gasteiger charge is 2.37. The van der Waals surface area contributed by atoms with Gasteiger partial charge in [0, 0.05) is 17.9 Å². The number of hydrogen-bond acceptors (Lipinski definition) is 3. The van der Waals surface area contributed by atoms with Crippen molar-refractivity contribution < 1.29 is 4.92 Å². The fourth-order valence-corrected chi connectivity index (χ4v) is 4.27. The van der Waals surface area contributed by atoms with E-state index in [0.717, 1.165) is 16.7 Å². The molecule has 2 atom stereocenters. The van der Waals surface area contributed by atoms with Gasteiger partial charge in [-0.05, 0) is 27.8 Å². The summed E-state index contributed by atoms with van der Waals surface area (Å²) in [5, 5.41) is 21.3. The Labute approximate surface area is 162 Å². The largest absolute Gasteiger partial charge is 0.289 e. The van der Waals surface area contributed by atoms with E-state index in [1.807, 2.05) is 37.3 Å². The molecule has 27 heavy (non-hydrogen) atoms. The standard InChI is InChI=1S/C22H17ClN2O2/c1-4-8-14(5-2)20-17-10-7-6-9-16(17)13(3)19-21(20)15(12-24)11-18(22(19)23)25(26)27/h4-11,13,20H,1-2H2,3H3/b14-8+. The maximum atomic E-state index is 11.5. The minimum atomic E-state index is -0.542. The molecule has 0 radical (unpaired) electrons. The zero-order valence-corrected chi connectivity index (χ0v) is 15.5. The van der Waals surface area contributed by atoms with Gasteiger partial charge in [-0.2, -0.15) is 5.26 Å². The predicted molar refractivity (Wildman–Crippen MR) is 107 cm³/mol. The van der Waals surface area contributed by atoms with Crippen molar-refractivity contribution in [2.75, 3.05) is 0 Å². The number of nitriles is 1. The van der Waals surface area contributed by atoms with Crippen LogP contribution in [0.25, 0.3) is 0 Å². The van der Waals surface area contributed by atoms with E-state index < -0.39 is 4.92 Å². The maximum Gasteiger partial charge on any atom is 0.289 e. The van der Waals surface area contributed by atoms with Crippen molar-refractivity contribution in [1.29, 1.82) is 5.26 Å². The third-order valence-corrected chi connectivity index (χ3v) is 5.41. The smallest absolute Gasteiger partial charge is 0.258 e. The summed E-state index contributed by atoms with van der Waals surface area (Å²) in [5.41, 5.74) is 4.25. The third kappa shape index (κ3) is 2.87. The maximum absolute atomic E-state index is 11.5. The molecule has 0 amide bonds. The molecular weight excluding hydrogens is 360 g/mol. The molecular formula is C22H17ClN2O2. The lowest BCUT2D eigenvalue weighted by molar-refractivity contribution is -0.384. The summed E-state index contributed by atoms with van der Waals surface area (Å²) in [4.78, 5) is 10.9. The van der Waals surface area contributed by atoms with Crippen LogP contribution in [0.3, 0.4) is 0 Å². The van der Waals surface area contributed by atoms with Crippen LogP contribution in [0.2, 0.25) is 5.02 Å². The molecule has 0 bridgehead atoms. The minimum absolute atomic E-state index is 0.0861. The van der Waals surface area contributed by atoms with Crippen LogP contribution in [0, 0.1) is 21.4 Å². The Morgan fingerprint density at radius 3 is 2.52 bits per heavy atom. The fourth-order valence-electron chi connectivity index (χ4n) is 3.88. The molecule has 5 heteroatoms. The highest BCUT2D eigenvalue weighted by molar-refractivity contribution is 6.33. The molecule has 4 nitrogen and oxygen atoms in total. The molecule has 0 saturated heterocycles. The molecule has 134 valence electrons. The quantitative estimate of drug-likeness (QED) is 0.372. The van der Waals surface area contributed by atoms with Crippen LogP contribution in [-0.2, 0) is 0 Å². The van der Waals surface area contributed by atoms with E-state index in [9.17, 15) is 15.4 Å². The number of hydrogen-bond donors (Lipinski definition) is 0. The van der Waals surface area contributed by atoms with Gasteiger partial charge in [0.15, 0.2) is 0 Å². The van der Waals surface area contributed by atoms with E-state index in [4.69, 9.17) is 11.6 Å². The Morgan fingerprint density at radius 1 is 1.30 bits per heavy atom. The summed E-state index contributed by atoms with van der Waals surface area (Å²) in [6.45, 7) is 9.62. The molecule has 0 aliphatic heterocycles. The van der Waals surface area contributed by atoms with Crippen molar-refractivity contribution in [3.05, 3.63) is 110 Å². The molecule has 0 spiro atoms.